The summed E-state index contributed by atoms with van der Waals surface area (Å²) in [5.41, 5.74) is 2.13. The first-order chi connectivity index (χ1) is 14.2. The van der Waals surface area contributed by atoms with Gasteiger partial charge in [0.15, 0.2) is 0 Å². The van der Waals surface area contributed by atoms with E-state index in [0.29, 0.717) is 0 Å². The van der Waals surface area contributed by atoms with E-state index in [-0.39, 0.29) is 17.9 Å². The smallest absolute Gasteiger partial charge is 0.130 e. The van der Waals surface area contributed by atoms with Gasteiger partial charge < -0.3 is 14.6 Å². The normalized spacial score (nSPS) is 17.2. The average molecular weight is 394 g/mol. The Morgan fingerprint density at radius 1 is 1.07 bits per heavy atom. The van der Waals surface area contributed by atoms with Crippen molar-refractivity contribution in [1.29, 1.82) is 0 Å². The van der Waals surface area contributed by atoms with Crippen LogP contribution in [0.3, 0.4) is 0 Å². The first-order valence-electron chi connectivity index (χ1n) is 10.0. The molecule has 1 aromatic heterocycles. The summed E-state index contributed by atoms with van der Waals surface area (Å²) >= 11 is 0. The standard InChI is InChI=1S/C23H27FN4O/c1-27-11-10-25-23(27)22(19-8-5-9-20(24)16-19)26-17-21(18-6-3-2-4-7-18)28-12-14-29-15-13-28/h2-11,16,21-22,26H,12-15,17H2,1H3/t21-,22+/m0/s1. The molecule has 1 aliphatic heterocycles. The summed E-state index contributed by atoms with van der Waals surface area (Å²) in [4.78, 5) is 6.98. The Hall–Kier alpha value is -2.54. The van der Waals surface area contributed by atoms with Gasteiger partial charge in [-0.15, -0.1) is 0 Å². The maximum atomic E-state index is 13.9. The number of nitrogens with one attached hydrogen (secondary N) is 1. The molecule has 4 rings (SSSR count). The van der Waals surface area contributed by atoms with Crippen LogP contribution < -0.4 is 5.32 Å². The van der Waals surface area contributed by atoms with Crippen molar-refractivity contribution >= 4 is 0 Å². The topological polar surface area (TPSA) is 42.3 Å². The SMILES string of the molecule is Cn1ccnc1[C@H](NC[C@@H](c1ccccc1)N1CCOCC1)c1cccc(F)c1. The monoisotopic (exact) mass is 394 g/mol. The fraction of sp³-hybridized carbons (Fsp3) is 0.348. The zero-order valence-electron chi connectivity index (χ0n) is 16.7. The van der Waals surface area contributed by atoms with Crippen molar-refractivity contribution in [2.45, 2.75) is 12.1 Å². The molecule has 0 saturated carbocycles. The van der Waals surface area contributed by atoms with Crippen LogP contribution in [0.25, 0.3) is 0 Å². The Morgan fingerprint density at radius 2 is 1.83 bits per heavy atom. The van der Waals surface area contributed by atoms with Gasteiger partial charge in [-0.2, -0.15) is 0 Å². The van der Waals surface area contributed by atoms with Crippen molar-refractivity contribution in [1.82, 2.24) is 19.8 Å². The largest absolute Gasteiger partial charge is 0.379 e. The van der Waals surface area contributed by atoms with Gasteiger partial charge in [-0.1, -0.05) is 42.5 Å². The van der Waals surface area contributed by atoms with E-state index in [0.717, 1.165) is 44.2 Å². The Bertz CT molecular complexity index is 908. The van der Waals surface area contributed by atoms with Gasteiger partial charge in [0.1, 0.15) is 11.6 Å². The highest BCUT2D eigenvalue weighted by molar-refractivity contribution is 5.27. The number of ether oxygens (including phenoxy) is 1. The van der Waals surface area contributed by atoms with Gasteiger partial charge in [-0.3, -0.25) is 4.90 Å². The van der Waals surface area contributed by atoms with E-state index in [9.17, 15) is 4.39 Å². The zero-order valence-corrected chi connectivity index (χ0v) is 16.7. The molecular weight excluding hydrogens is 367 g/mol. The molecule has 29 heavy (non-hydrogen) atoms. The van der Waals surface area contributed by atoms with Crippen LogP contribution >= 0.6 is 0 Å². The Morgan fingerprint density at radius 3 is 2.52 bits per heavy atom. The molecular formula is C23H27FN4O. The van der Waals surface area contributed by atoms with Crippen LogP contribution in [-0.2, 0) is 11.8 Å². The van der Waals surface area contributed by atoms with E-state index in [4.69, 9.17) is 4.74 Å². The Balaban J connectivity index is 1.61. The third-order valence-electron chi connectivity index (χ3n) is 5.48. The maximum Gasteiger partial charge on any atom is 0.130 e. The van der Waals surface area contributed by atoms with Gasteiger partial charge >= 0.3 is 0 Å². The molecule has 152 valence electrons. The fourth-order valence-electron chi connectivity index (χ4n) is 3.95. The number of rotatable bonds is 7. The summed E-state index contributed by atoms with van der Waals surface area (Å²) in [6.07, 6.45) is 3.69. The van der Waals surface area contributed by atoms with Gasteiger partial charge in [0, 0.05) is 45.1 Å². The van der Waals surface area contributed by atoms with E-state index in [1.807, 2.05) is 29.9 Å². The highest BCUT2D eigenvalue weighted by atomic mass is 19.1. The van der Waals surface area contributed by atoms with Crippen LogP contribution in [0, 0.1) is 5.82 Å². The summed E-state index contributed by atoms with van der Waals surface area (Å²) in [6.45, 7) is 4.01. The quantitative estimate of drug-likeness (QED) is 0.668. The Kier molecular flexibility index (Phi) is 6.34. The molecule has 1 N–H and O–H groups in total. The van der Waals surface area contributed by atoms with Crippen LogP contribution in [0.5, 0.6) is 0 Å². The minimum Gasteiger partial charge on any atom is -0.379 e. The van der Waals surface area contributed by atoms with Crippen LogP contribution in [0.4, 0.5) is 4.39 Å². The molecule has 2 atom stereocenters. The van der Waals surface area contributed by atoms with Crippen LogP contribution in [0.15, 0.2) is 67.0 Å². The number of hydrogen-bond donors (Lipinski definition) is 1. The van der Waals surface area contributed by atoms with Gasteiger partial charge in [0.2, 0.25) is 0 Å². The molecule has 0 amide bonds. The van der Waals surface area contributed by atoms with Gasteiger partial charge in [0.05, 0.1) is 19.3 Å². The molecule has 0 radical (unpaired) electrons. The third kappa shape index (κ3) is 4.72. The third-order valence-corrected chi connectivity index (χ3v) is 5.48. The molecule has 5 nitrogen and oxygen atoms in total. The highest BCUT2D eigenvalue weighted by Crippen LogP contribution is 2.25. The number of benzene rings is 2. The number of aryl methyl sites for hydroxylation is 1. The van der Waals surface area contributed by atoms with Crippen molar-refractivity contribution in [3.63, 3.8) is 0 Å². The zero-order chi connectivity index (χ0) is 20.1. The van der Waals surface area contributed by atoms with Crippen LogP contribution in [0.1, 0.15) is 29.0 Å². The summed E-state index contributed by atoms with van der Waals surface area (Å²) in [7, 11) is 1.97. The second-order valence-corrected chi connectivity index (χ2v) is 7.37. The summed E-state index contributed by atoms with van der Waals surface area (Å²) < 4.78 is 21.5. The van der Waals surface area contributed by atoms with E-state index in [1.54, 1.807) is 18.3 Å². The minimum atomic E-state index is -0.240. The first-order valence-corrected chi connectivity index (χ1v) is 10.0. The maximum absolute atomic E-state index is 13.9. The highest BCUT2D eigenvalue weighted by Gasteiger charge is 2.25. The van der Waals surface area contributed by atoms with Crippen molar-refractivity contribution in [2.75, 3.05) is 32.8 Å². The average Bonchev–Trinajstić information content (AvgIpc) is 3.18. The number of morpholine rings is 1. The van der Waals surface area contributed by atoms with Gasteiger partial charge in [0.25, 0.3) is 0 Å². The summed E-state index contributed by atoms with van der Waals surface area (Å²) in [5.74, 6) is 0.626. The van der Waals surface area contributed by atoms with E-state index in [2.05, 4.69) is 39.5 Å². The number of imidazole rings is 1. The molecule has 2 heterocycles. The van der Waals surface area contributed by atoms with Gasteiger partial charge in [-0.25, -0.2) is 9.37 Å². The van der Waals surface area contributed by atoms with Crippen LogP contribution in [-0.4, -0.2) is 47.3 Å². The molecule has 2 aromatic carbocycles. The van der Waals surface area contributed by atoms with Crippen molar-refractivity contribution in [3.8, 4) is 0 Å². The fourth-order valence-corrected chi connectivity index (χ4v) is 3.95. The molecule has 1 fully saturated rings. The van der Waals surface area contributed by atoms with E-state index in [1.165, 1.54) is 11.6 Å². The van der Waals surface area contributed by atoms with Crippen molar-refractivity contribution in [3.05, 3.63) is 89.8 Å². The van der Waals surface area contributed by atoms with Crippen LogP contribution in [0.2, 0.25) is 0 Å². The van der Waals surface area contributed by atoms with E-state index < -0.39 is 0 Å². The molecule has 3 aromatic rings. The van der Waals surface area contributed by atoms with E-state index >= 15 is 0 Å². The predicted molar refractivity (Wildman–Crippen MR) is 111 cm³/mol. The number of nitrogens with zero attached hydrogens (tertiary/aromatic N) is 3. The summed E-state index contributed by atoms with van der Waals surface area (Å²) in [6, 6.07) is 17.3. The van der Waals surface area contributed by atoms with Gasteiger partial charge in [-0.05, 0) is 23.3 Å². The predicted octanol–water partition coefficient (Wildman–Crippen LogP) is 3.31. The number of hydrogen-bond acceptors (Lipinski definition) is 4. The second-order valence-electron chi connectivity index (χ2n) is 7.37. The molecule has 0 unspecified atom stereocenters. The minimum absolute atomic E-state index is 0.196. The molecule has 0 bridgehead atoms. The molecule has 0 aliphatic carbocycles. The lowest BCUT2D eigenvalue weighted by Crippen LogP contribution is -2.43. The Labute approximate surface area is 171 Å². The first kappa shape index (κ1) is 19.8. The summed E-state index contributed by atoms with van der Waals surface area (Å²) in [5, 5.41) is 3.67. The second kappa shape index (κ2) is 9.31. The number of aromatic nitrogens is 2. The molecule has 1 saturated heterocycles. The number of halogens is 1. The lowest BCUT2D eigenvalue weighted by Gasteiger charge is -2.36. The van der Waals surface area contributed by atoms with Crippen molar-refractivity contribution < 1.29 is 9.13 Å². The van der Waals surface area contributed by atoms with Crippen molar-refractivity contribution in [2.24, 2.45) is 7.05 Å². The molecule has 1 aliphatic rings. The molecule has 0 spiro atoms. The lowest BCUT2D eigenvalue weighted by atomic mass is 10.0. The lowest BCUT2D eigenvalue weighted by molar-refractivity contribution is 0.0157. The molecule has 6 heteroatoms.